The van der Waals surface area contributed by atoms with Crippen LogP contribution in [0.4, 0.5) is 11.5 Å². The van der Waals surface area contributed by atoms with Crippen LogP contribution >= 0.6 is 34.8 Å². The number of fused-ring (bicyclic) bond motifs is 1. The van der Waals surface area contributed by atoms with Crippen molar-refractivity contribution in [3.05, 3.63) is 86.6 Å². The third-order valence-electron chi connectivity index (χ3n) is 6.17. The number of aromatic nitrogens is 2. The molecule has 1 N–H and O–H groups in total. The molecule has 33 heavy (non-hydrogen) atoms. The van der Waals surface area contributed by atoms with Crippen LogP contribution in [0.25, 0.3) is 0 Å². The van der Waals surface area contributed by atoms with Gasteiger partial charge in [-0.05, 0) is 25.1 Å². The van der Waals surface area contributed by atoms with Crippen LogP contribution < -0.4 is 10.2 Å². The Morgan fingerprint density at radius 1 is 0.970 bits per heavy atom. The van der Waals surface area contributed by atoms with Crippen molar-refractivity contribution in [2.75, 3.05) is 36.4 Å². The second-order valence-corrected chi connectivity index (χ2v) is 9.30. The van der Waals surface area contributed by atoms with Crippen LogP contribution in [0.2, 0.25) is 15.1 Å². The van der Waals surface area contributed by atoms with Gasteiger partial charge in [-0.2, -0.15) is 5.10 Å². The SMILES string of the molecule is CC1=C(C(=O)N2CCN(c3ccccc3)CC2)C(c2cccc(Cl)c2Cl)n2ncc(Cl)c2N1. The average Bonchev–Trinajstić information content (AvgIpc) is 3.20. The summed E-state index contributed by atoms with van der Waals surface area (Å²) in [5.74, 6) is 0.576. The van der Waals surface area contributed by atoms with E-state index in [0.29, 0.717) is 45.1 Å². The molecule has 1 amide bonds. The molecule has 2 aliphatic rings. The van der Waals surface area contributed by atoms with E-state index in [2.05, 4.69) is 27.4 Å². The van der Waals surface area contributed by atoms with Crippen molar-refractivity contribution in [2.24, 2.45) is 0 Å². The fourth-order valence-electron chi connectivity index (χ4n) is 4.50. The number of carbonyl (C=O) groups excluding carboxylic acids is 1. The topological polar surface area (TPSA) is 53.4 Å². The molecular weight excluding hydrogens is 481 g/mol. The number of rotatable bonds is 3. The van der Waals surface area contributed by atoms with Gasteiger partial charge >= 0.3 is 0 Å². The highest BCUT2D eigenvalue weighted by atomic mass is 35.5. The predicted molar refractivity (Wildman–Crippen MR) is 133 cm³/mol. The van der Waals surface area contributed by atoms with Crippen molar-refractivity contribution in [3.8, 4) is 0 Å². The highest BCUT2D eigenvalue weighted by molar-refractivity contribution is 6.42. The van der Waals surface area contributed by atoms with Gasteiger partial charge in [0.05, 0.1) is 21.8 Å². The molecule has 0 bridgehead atoms. The highest BCUT2D eigenvalue weighted by Gasteiger charge is 2.37. The number of allylic oxidation sites excluding steroid dienone is 1. The van der Waals surface area contributed by atoms with Gasteiger partial charge in [-0.3, -0.25) is 4.79 Å². The molecule has 1 saturated heterocycles. The maximum atomic E-state index is 13.9. The smallest absolute Gasteiger partial charge is 0.254 e. The van der Waals surface area contributed by atoms with Crippen LogP contribution in [-0.2, 0) is 4.79 Å². The summed E-state index contributed by atoms with van der Waals surface area (Å²) in [4.78, 5) is 18.0. The Bertz CT molecular complexity index is 1230. The molecule has 0 radical (unpaired) electrons. The summed E-state index contributed by atoms with van der Waals surface area (Å²) in [7, 11) is 0. The number of para-hydroxylation sites is 1. The molecule has 3 aromatic rings. The van der Waals surface area contributed by atoms with Gasteiger partial charge in [-0.1, -0.05) is 65.1 Å². The standard InChI is InChI=1S/C24H22Cl3N5O/c1-15-20(24(33)31-12-10-30(11-13-31)16-6-3-2-4-7-16)22(17-8-5-9-18(25)21(17)27)32-23(29-15)19(26)14-28-32/h2-9,14,22,29H,10-13H2,1H3. The van der Waals surface area contributed by atoms with Gasteiger partial charge in [-0.15, -0.1) is 0 Å². The summed E-state index contributed by atoms with van der Waals surface area (Å²) >= 11 is 19.3. The average molecular weight is 503 g/mol. The number of nitrogens with one attached hydrogen (secondary N) is 1. The predicted octanol–water partition coefficient (Wildman–Crippen LogP) is 5.48. The normalized spacial score (nSPS) is 18.2. The summed E-state index contributed by atoms with van der Waals surface area (Å²) in [6, 6.07) is 15.1. The first-order chi connectivity index (χ1) is 16.0. The summed E-state index contributed by atoms with van der Waals surface area (Å²) in [6.45, 7) is 4.64. The minimum atomic E-state index is -0.542. The molecule has 170 valence electrons. The van der Waals surface area contributed by atoms with Gasteiger partial charge in [0.1, 0.15) is 16.9 Å². The second kappa shape index (κ2) is 8.93. The monoisotopic (exact) mass is 501 g/mol. The Balaban J connectivity index is 1.48. The molecule has 9 heteroatoms. The van der Waals surface area contributed by atoms with Gasteiger partial charge in [0.2, 0.25) is 0 Å². The Morgan fingerprint density at radius 2 is 1.70 bits per heavy atom. The number of anilines is 2. The lowest BCUT2D eigenvalue weighted by atomic mass is 9.94. The van der Waals surface area contributed by atoms with Crippen LogP contribution in [0.5, 0.6) is 0 Å². The lowest BCUT2D eigenvalue weighted by molar-refractivity contribution is -0.127. The van der Waals surface area contributed by atoms with Crippen molar-refractivity contribution in [1.29, 1.82) is 0 Å². The number of hydrogen-bond acceptors (Lipinski definition) is 4. The lowest BCUT2D eigenvalue weighted by Gasteiger charge is -2.38. The Labute approximate surface area is 207 Å². The van der Waals surface area contributed by atoms with Gasteiger partial charge < -0.3 is 15.1 Å². The first-order valence-electron chi connectivity index (χ1n) is 10.7. The van der Waals surface area contributed by atoms with Gasteiger partial charge in [0.25, 0.3) is 5.91 Å². The van der Waals surface area contributed by atoms with Crippen molar-refractivity contribution in [1.82, 2.24) is 14.7 Å². The summed E-state index contributed by atoms with van der Waals surface area (Å²) in [5.41, 5.74) is 3.18. The highest BCUT2D eigenvalue weighted by Crippen LogP contribution is 2.43. The van der Waals surface area contributed by atoms with E-state index >= 15 is 0 Å². The van der Waals surface area contributed by atoms with E-state index in [4.69, 9.17) is 34.8 Å². The molecule has 2 aliphatic heterocycles. The van der Waals surface area contributed by atoms with E-state index in [1.165, 1.54) is 5.69 Å². The van der Waals surface area contributed by atoms with E-state index in [1.54, 1.807) is 16.9 Å². The minimum Gasteiger partial charge on any atom is -0.368 e. The van der Waals surface area contributed by atoms with Crippen LogP contribution in [0, 0.1) is 0 Å². The van der Waals surface area contributed by atoms with Crippen molar-refractivity contribution in [2.45, 2.75) is 13.0 Å². The van der Waals surface area contributed by atoms with E-state index in [1.807, 2.05) is 42.2 Å². The molecule has 2 aromatic carbocycles. The third kappa shape index (κ3) is 3.97. The van der Waals surface area contributed by atoms with Crippen LogP contribution in [0.3, 0.4) is 0 Å². The van der Waals surface area contributed by atoms with Gasteiger partial charge in [-0.25, -0.2) is 4.68 Å². The van der Waals surface area contributed by atoms with Crippen molar-refractivity contribution < 1.29 is 4.79 Å². The molecule has 1 atom stereocenters. The molecule has 3 heterocycles. The number of halogens is 3. The van der Waals surface area contributed by atoms with Gasteiger partial charge in [0.15, 0.2) is 0 Å². The molecule has 5 rings (SSSR count). The molecule has 0 aliphatic carbocycles. The maximum Gasteiger partial charge on any atom is 0.254 e. The molecular formula is C24H22Cl3N5O. The first-order valence-corrected chi connectivity index (χ1v) is 11.8. The summed E-state index contributed by atoms with van der Waals surface area (Å²) in [5, 5.41) is 9.01. The molecule has 0 saturated carbocycles. The number of amides is 1. The van der Waals surface area contributed by atoms with E-state index in [-0.39, 0.29) is 5.91 Å². The quantitative estimate of drug-likeness (QED) is 0.515. The Kier molecular flexibility index (Phi) is 5.99. The van der Waals surface area contributed by atoms with E-state index in [0.717, 1.165) is 18.8 Å². The fraction of sp³-hybridized carbons (Fsp3) is 0.250. The summed E-state index contributed by atoms with van der Waals surface area (Å²) < 4.78 is 1.71. The lowest BCUT2D eigenvalue weighted by Crippen LogP contribution is -2.50. The number of nitrogens with zero attached hydrogens (tertiary/aromatic N) is 4. The first kappa shape index (κ1) is 22.1. The van der Waals surface area contributed by atoms with E-state index < -0.39 is 6.04 Å². The maximum absolute atomic E-state index is 13.9. The fourth-order valence-corrected chi connectivity index (χ4v) is 5.09. The molecule has 0 spiro atoms. The van der Waals surface area contributed by atoms with Crippen molar-refractivity contribution in [3.63, 3.8) is 0 Å². The van der Waals surface area contributed by atoms with Crippen molar-refractivity contribution >= 4 is 52.2 Å². The van der Waals surface area contributed by atoms with Crippen LogP contribution in [0.15, 0.2) is 66.0 Å². The largest absolute Gasteiger partial charge is 0.368 e. The molecule has 6 nitrogen and oxygen atoms in total. The molecule has 1 fully saturated rings. The zero-order valence-electron chi connectivity index (χ0n) is 17.9. The van der Waals surface area contributed by atoms with Gasteiger partial charge in [0, 0.05) is 43.1 Å². The minimum absolute atomic E-state index is 0.0500. The Morgan fingerprint density at radius 3 is 2.42 bits per heavy atom. The second-order valence-electron chi connectivity index (χ2n) is 8.11. The zero-order valence-corrected chi connectivity index (χ0v) is 20.2. The number of hydrogen-bond donors (Lipinski definition) is 1. The third-order valence-corrected chi connectivity index (χ3v) is 7.28. The van der Waals surface area contributed by atoms with E-state index in [9.17, 15) is 4.79 Å². The number of carbonyl (C=O) groups is 1. The number of benzene rings is 2. The molecule has 1 aromatic heterocycles. The Hall–Kier alpha value is -2.67. The van der Waals surface area contributed by atoms with Crippen LogP contribution in [0.1, 0.15) is 18.5 Å². The molecule has 1 unspecified atom stereocenters. The number of piperazine rings is 1. The summed E-state index contributed by atoms with van der Waals surface area (Å²) in [6.07, 6.45) is 1.56. The van der Waals surface area contributed by atoms with Crippen LogP contribution in [-0.4, -0.2) is 46.8 Å². The zero-order chi connectivity index (χ0) is 23.1.